The number of aryl methyl sites for hydroxylation is 1. The zero-order valence-corrected chi connectivity index (χ0v) is 19.5. The van der Waals surface area contributed by atoms with Crippen LogP contribution in [0.2, 0.25) is 0 Å². The first-order chi connectivity index (χ1) is 14.9. The van der Waals surface area contributed by atoms with E-state index in [0.717, 1.165) is 49.4 Å². The van der Waals surface area contributed by atoms with Crippen molar-refractivity contribution in [1.29, 1.82) is 0 Å². The normalized spacial score (nSPS) is 18.9. The predicted molar refractivity (Wildman–Crippen MR) is 122 cm³/mol. The van der Waals surface area contributed by atoms with E-state index < -0.39 is 0 Å². The number of aromatic nitrogens is 3. The molecule has 170 valence electrons. The summed E-state index contributed by atoms with van der Waals surface area (Å²) >= 11 is 0. The van der Waals surface area contributed by atoms with Gasteiger partial charge in [-0.1, -0.05) is 26.7 Å². The number of rotatable bonds is 7. The number of likely N-dealkylation sites (tertiary alicyclic amines) is 1. The maximum Gasteiger partial charge on any atom is 0.234 e. The van der Waals surface area contributed by atoms with Gasteiger partial charge in [-0.15, -0.1) is 0 Å². The van der Waals surface area contributed by atoms with Crippen LogP contribution in [-0.4, -0.2) is 57.6 Å². The van der Waals surface area contributed by atoms with E-state index in [1.54, 1.807) is 6.33 Å². The second kappa shape index (κ2) is 9.55. The fourth-order valence-corrected chi connectivity index (χ4v) is 5.01. The van der Waals surface area contributed by atoms with E-state index in [0.29, 0.717) is 18.5 Å². The van der Waals surface area contributed by atoms with Gasteiger partial charge >= 0.3 is 0 Å². The van der Waals surface area contributed by atoms with Gasteiger partial charge in [-0.05, 0) is 51.0 Å². The number of ether oxygens (including phenoxy) is 1. The highest BCUT2D eigenvalue weighted by Gasteiger charge is 2.27. The quantitative estimate of drug-likeness (QED) is 0.728. The molecule has 0 radical (unpaired) electrons. The van der Waals surface area contributed by atoms with Crippen molar-refractivity contribution in [2.75, 3.05) is 26.2 Å². The summed E-state index contributed by atoms with van der Waals surface area (Å²) in [5, 5.41) is 4.08. The van der Waals surface area contributed by atoms with E-state index in [2.05, 4.69) is 52.4 Å². The molecule has 4 rings (SSSR count). The summed E-state index contributed by atoms with van der Waals surface area (Å²) in [6, 6.07) is 0.545. The number of amides is 1. The molecule has 7 heteroatoms. The van der Waals surface area contributed by atoms with Crippen molar-refractivity contribution < 1.29 is 9.53 Å². The lowest BCUT2D eigenvalue weighted by atomic mass is 10.1. The molecule has 31 heavy (non-hydrogen) atoms. The lowest BCUT2D eigenvalue weighted by Crippen LogP contribution is -2.44. The first-order valence-corrected chi connectivity index (χ1v) is 11.9. The average molecular weight is 428 g/mol. The van der Waals surface area contributed by atoms with Crippen molar-refractivity contribution in [1.82, 2.24) is 24.8 Å². The molecular formula is C24H37N5O2. The van der Waals surface area contributed by atoms with Gasteiger partial charge in [0.05, 0.1) is 11.9 Å². The zero-order chi connectivity index (χ0) is 22.0. The Balaban J connectivity index is 1.41. The molecule has 2 fully saturated rings. The predicted octanol–water partition coefficient (Wildman–Crippen LogP) is 3.78. The van der Waals surface area contributed by atoms with Crippen LogP contribution in [0.4, 0.5) is 0 Å². The maximum absolute atomic E-state index is 12.1. The van der Waals surface area contributed by atoms with Crippen LogP contribution in [0.15, 0.2) is 6.33 Å². The van der Waals surface area contributed by atoms with Crippen LogP contribution >= 0.6 is 0 Å². The molecule has 0 bridgehead atoms. The van der Waals surface area contributed by atoms with E-state index in [-0.39, 0.29) is 12.0 Å². The van der Waals surface area contributed by atoms with Gasteiger partial charge in [0.1, 0.15) is 18.1 Å². The van der Waals surface area contributed by atoms with Gasteiger partial charge in [0.25, 0.3) is 0 Å². The number of piperidine rings is 1. The molecule has 0 spiro atoms. The molecule has 2 aromatic rings. The van der Waals surface area contributed by atoms with Gasteiger partial charge in [0, 0.05) is 31.4 Å². The first kappa shape index (κ1) is 22.1. The molecule has 2 aliphatic rings. The van der Waals surface area contributed by atoms with Crippen molar-refractivity contribution in [2.45, 2.75) is 78.4 Å². The molecule has 3 heterocycles. The highest BCUT2D eigenvalue weighted by molar-refractivity contribution is 5.86. The fraction of sp³-hybridized carbons (Fsp3) is 0.708. The van der Waals surface area contributed by atoms with Gasteiger partial charge in [0.2, 0.25) is 11.8 Å². The van der Waals surface area contributed by atoms with Crippen LogP contribution in [0.3, 0.4) is 0 Å². The third-order valence-electron chi connectivity index (χ3n) is 6.88. The third-order valence-corrected chi connectivity index (χ3v) is 6.88. The Morgan fingerprint density at radius 2 is 1.87 bits per heavy atom. The Bertz CT molecular complexity index is 908. The second-order valence-electron chi connectivity index (χ2n) is 9.69. The maximum atomic E-state index is 12.1. The fourth-order valence-electron chi connectivity index (χ4n) is 5.01. The van der Waals surface area contributed by atoms with Gasteiger partial charge < -0.3 is 14.6 Å². The largest absolute Gasteiger partial charge is 0.474 e. The minimum atomic E-state index is 0.116. The van der Waals surface area contributed by atoms with Gasteiger partial charge in [-0.25, -0.2) is 9.97 Å². The van der Waals surface area contributed by atoms with Crippen LogP contribution in [0.25, 0.3) is 11.0 Å². The minimum Gasteiger partial charge on any atom is -0.474 e. The number of carbonyl (C=O) groups excluding carboxylic acids is 1. The Kier molecular flexibility index (Phi) is 6.80. The summed E-state index contributed by atoms with van der Waals surface area (Å²) in [6.45, 7) is 11.5. The van der Waals surface area contributed by atoms with Crippen LogP contribution in [-0.2, 0) is 4.79 Å². The first-order valence-electron chi connectivity index (χ1n) is 11.9. The van der Waals surface area contributed by atoms with Crippen molar-refractivity contribution in [3.8, 4) is 5.88 Å². The molecule has 2 aromatic heterocycles. The zero-order valence-electron chi connectivity index (χ0n) is 19.5. The summed E-state index contributed by atoms with van der Waals surface area (Å²) in [5.74, 6) is 1.31. The van der Waals surface area contributed by atoms with Crippen LogP contribution in [0, 0.1) is 19.8 Å². The van der Waals surface area contributed by atoms with Crippen LogP contribution in [0.1, 0.15) is 69.7 Å². The number of carbonyl (C=O) groups is 1. The molecule has 0 aromatic carbocycles. The van der Waals surface area contributed by atoms with Gasteiger partial charge in [-0.2, -0.15) is 0 Å². The highest BCUT2D eigenvalue weighted by atomic mass is 16.5. The standard InChI is InChI=1S/C24H37N5O2/c1-16(2)13-25-21(30)14-28-11-9-20(10-12-28)31-24-22-17(3)18(4)29(19-7-5-6-8-19)23(22)26-15-27-24/h15-16,19-20H,5-14H2,1-4H3,(H,25,30). The van der Waals surface area contributed by atoms with E-state index in [1.807, 2.05) is 0 Å². The average Bonchev–Trinajstić information content (AvgIpc) is 3.35. The minimum absolute atomic E-state index is 0.116. The third kappa shape index (κ3) is 4.86. The summed E-state index contributed by atoms with van der Waals surface area (Å²) in [7, 11) is 0. The molecule has 1 N–H and O–H groups in total. The molecule has 1 aliphatic heterocycles. The lowest BCUT2D eigenvalue weighted by molar-refractivity contribution is -0.122. The summed E-state index contributed by atoms with van der Waals surface area (Å²) in [4.78, 5) is 23.5. The van der Waals surface area contributed by atoms with Gasteiger partial charge in [-0.3, -0.25) is 9.69 Å². The summed E-state index contributed by atoms with van der Waals surface area (Å²) in [6.07, 6.45) is 8.64. The highest BCUT2D eigenvalue weighted by Crippen LogP contribution is 2.38. The van der Waals surface area contributed by atoms with Crippen LogP contribution < -0.4 is 10.1 Å². The van der Waals surface area contributed by atoms with Gasteiger partial charge in [0.15, 0.2) is 0 Å². The van der Waals surface area contributed by atoms with E-state index in [1.165, 1.54) is 36.9 Å². The smallest absolute Gasteiger partial charge is 0.234 e. The number of nitrogens with one attached hydrogen (secondary N) is 1. The van der Waals surface area contributed by atoms with Crippen molar-refractivity contribution in [3.05, 3.63) is 17.6 Å². The van der Waals surface area contributed by atoms with E-state index >= 15 is 0 Å². The number of hydrogen-bond donors (Lipinski definition) is 1. The molecular weight excluding hydrogens is 390 g/mol. The summed E-state index contributed by atoms with van der Waals surface area (Å²) in [5.41, 5.74) is 3.54. The molecule has 1 amide bonds. The molecule has 1 aliphatic carbocycles. The monoisotopic (exact) mass is 427 g/mol. The SMILES string of the molecule is Cc1c(C)n(C2CCCC2)c2ncnc(OC3CCN(CC(=O)NCC(C)C)CC3)c12. The molecule has 0 unspecified atom stereocenters. The Morgan fingerprint density at radius 3 is 2.55 bits per heavy atom. The molecule has 1 saturated carbocycles. The Labute approximate surface area is 185 Å². The van der Waals surface area contributed by atoms with E-state index in [9.17, 15) is 4.79 Å². The van der Waals surface area contributed by atoms with Crippen molar-refractivity contribution in [2.24, 2.45) is 5.92 Å². The van der Waals surface area contributed by atoms with Crippen LogP contribution in [0.5, 0.6) is 5.88 Å². The molecule has 1 saturated heterocycles. The Morgan fingerprint density at radius 1 is 1.16 bits per heavy atom. The number of fused-ring (bicyclic) bond motifs is 1. The molecule has 7 nitrogen and oxygen atoms in total. The number of hydrogen-bond acceptors (Lipinski definition) is 5. The topological polar surface area (TPSA) is 72.3 Å². The lowest BCUT2D eigenvalue weighted by Gasteiger charge is -2.31. The van der Waals surface area contributed by atoms with E-state index in [4.69, 9.17) is 4.74 Å². The second-order valence-corrected chi connectivity index (χ2v) is 9.69. The Hall–Kier alpha value is -2.15. The van der Waals surface area contributed by atoms with Crippen molar-refractivity contribution >= 4 is 16.9 Å². The van der Waals surface area contributed by atoms with Crippen molar-refractivity contribution in [3.63, 3.8) is 0 Å². The number of nitrogens with zero attached hydrogens (tertiary/aromatic N) is 4. The molecule has 0 atom stereocenters. The summed E-state index contributed by atoms with van der Waals surface area (Å²) < 4.78 is 8.84.